The number of fused-ring (bicyclic) bond motifs is 1. The van der Waals surface area contributed by atoms with E-state index in [-0.39, 0.29) is 0 Å². The second-order valence-corrected chi connectivity index (χ2v) is 5.74. The molecule has 1 unspecified atom stereocenters. The van der Waals surface area contributed by atoms with Crippen molar-refractivity contribution in [2.45, 2.75) is 18.9 Å². The van der Waals surface area contributed by atoms with E-state index in [2.05, 4.69) is 38.9 Å². The average Bonchev–Trinajstić information content (AvgIpc) is 2.88. The summed E-state index contributed by atoms with van der Waals surface area (Å²) >= 11 is 10.0. The Morgan fingerprint density at radius 2 is 2.29 bits per heavy atom. The van der Waals surface area contributed by atoms with Gasteiger partial charge in [-0.3, -0.25) is 0 Å². The fourth-order valence-corrected chi connectivity index (χ4v) is 3.91. The molecule has 90 valence electrons. The zero-order chi connectivity index (χ0) is 12.0. The summed E-state index contributed by atoms with van der Waals surface area (Å²) < 4.78 is 3.39. The summed E-state index contributed by atoms with van der Waals surface area (Å²) in [5.41, 5.74) is 2.43. The molecule has 0 bridgehead atoms. The maximum atomic E-state index is 6.29. The number of aryl methyl sites for hydroxylation is 1. The van der Waals surface area contributed by atoms with Crippen molar-refractivity contribution in [3.05, 3.63) is 33.4 Å². The highest BCUT2D eigenvalue weighted by atomic mass is 79.9. The molecule has 2 nitrogen and oxygen atoms in total. The average molecular weight is 314 g/mol. The summed E-state index contributed by atoms with van der Waals surface area (Å²) in [6.45, 7) is 1.10. The third-order valence-corrected chi connectivity index (χ3v) is 4.67. The smallest absolute Gasteiger partial charge is 0.0681 e. The maximum absolute atomic E-state index is 6.29. The highest BCUT2D eigenvalue weighted by Crippen LogP contribution is 2.39. The number of nitrogens with zero attached hydrogens (tertiary/aromatic N) is 1. The van der Waals surface area contributed by atoms with E-state index in [1.165, 1.54) is 28.4 Å². The summed E-state index contributed by atoms with van der Waals surface area (Å²) in [6, 6.07) is 6.51. The van der Waals surface area contributed by atoms with Gasteiger partial charge in [0.15, 0.2) is 0 Å². The minimum absolute atomic E-state index is 0.442. The molecule has 0 amide bonds. The minimum atomic E-state index is 0.442. The van der Waals surface area contributed by atoms with Crippen LogP contribution in [-0.4, -0.2) is 11.1 Å². The Labute approximate surface area is 114 Å². The molecular weight excluding hydrogens is 300 g/mol. The van der Waals surface area contributed by atoms with Crippen LogP contribution in [0.3, 0.4) is 0 Å². The van der Waals surface area contributed by atoms with Crippen LogP contribution >= 0.6 is 27.5 Å². The van der Waals surface area contributed by atoms with Crippen molar-refractivity contribution in [2.75, 3.05) is 6.54 Å². The lowest BCUT2D eigenvalue weighted by Gasteiger charge is -2.13. The van der Waals surface area contributed by atoms with Crippen LogP contribution in [0, 0.1) is 0 Å². The van der Waals surface area contributed by atoms with Crippen molar-refractivity contribution in [2.24, 2.45) is 7.05 Å². The van der Waals surface area contributed by atoms with Crippen molar-refractivity contribution in [3.8, 4) is 0 Å². The first-order valence-corrected chi connectivity index (χ1v) is 7.03. The molecule has 0 spiro atoms. The van der Waals surface area contributed by atoms with E-state index in [1.54, 1.807) is 0 Å². The van der Waals surface area contributed by atoms with Crippen LogP contribution in [0.5, 0.6) is 0 Å². The van der Waals surface area contributed by atoms with Gasteiger partial charge in [0.1, 0.15) is 0 Å². The molecule has 1 aliphatic rings. The van der Waals surface area contributed by atoms with Crippen LogP contribution in [0.1, 0.15) is 24.6 Å². The molecule has 1 fully saturated rings. The maximum Gasteiger partial charge on any atom is 0.0681 e. The summed E-state index contributed by atoms with van der Waals surface area (Å²) in [4.78, 5) is 0. The molecule has 1 N–H and O–H groups in total. The first-order valence-electron chi connectivity index (χ1n) is 5.86. The van der Waals surface area contributed by atoms with Gasteiger partial charge in [0.05, 0.1) is 10.5 Å². The molecule has 1 aliphatic heterocycles. The first-order chi connectivity index (χ1) is 8.20. The van der Waals surface area contributed by atoms with Crippen molar-refractivity contribution >= 4 is 38.4 Å². The molecule has 1 aromatic heterocycles. The molecule has 0 aliphatic carbocycles. The summed E-state index contributed by atoms with van der Waals surface area (Å²) in [7, 11) is 2.09. The molecule has 3 rings (SSSR count). The fraction of sp³-hybridized carbons (Fsp3) is 0.385. The quantitative estimate of drug-likeness (QED) is 0.841. The van der Waals surface area contributed by atoms with Gasteiger partial charge in [0, 0.05) is 28.6 Å². The number of aromatic nitrogens is 1. The van der Waals surface area contributed by atoms with Gasteiger partial charge < -0.3 is 9.88 Å². The number of rotatable bonds is 1. The Hall–Kier alpha value is -0.510. The Bertz CT molecular complexity index is 570. The molecule has 0 radical (unpaired) electrons. The highest BCUT2D eigenvalue weighted by molar-refractivity contribution is 9.10. The van der Waals surface area contributed by atoms with E-state index in [0.717, 1.165) is 17.1 Å². The van der Waals surface area contributed by atoms with Crippen molar-refractivity contribution in [1.82, 2.24) is 9.88 Å². The number of hydrogen-bond acceptors (Lipinski definition) is 1. The van der Waals surface area contributed by atoms with Gasteiger partial charge in [-0.25, -0.2) is 0 Å². The number of halogens is 2. The van der Waals surface area contributed by atoms with Crippen LogP contribution in [0.4, 0.5) is 0 Å². The van der Waals surface area contributed by atoms with E-state index in [1.807, 2.05) is 12.1 Å². The highest BCUT2D eigenvalue weighted by Gasteiger charge is 2.24. The monoisotopic (exact) mass is 312 g/mol. The van der Waals surface area contributed by atoms with Gasteiger partial charge in [-0.15, -0.1) is 0 Å². The van der Waals surface area contributed by atoms with Gasteiger partial charge in [0.2, 0.25) is 0 Å². The third-order valence-electron chi connectivity index (χ3n) is 3.54. The number of nitrogens with one attached hydrogen (secondary N) is 1. The van der Waals surface area contributed by atoms with E-state index < -0.39 is 0 Å². The van der Waals surface area contributed by atoms with Gasteiger partial charge in [-0.1, -0.05) is 23.7 Å². The lowest BCUT2D eigenvalue weighted by molar-refractivity contribution is 0.601. The number of benzene rings is 1. The fourth-order valence-electron chi connectivity index (χ4n) is 2.74. The summed E-state index contributed by atoms with van der Waals surface area (Å²) in [6.07, 6.45) is 2.44. The van der Waals surface area contributed by atoms with Crippen LogP contribution in [0.15, 0.2) is 22.7 Å². The molecule has 2 heterocycles. The largest absolute Gasteiger partial charge is 0.344 e. The lowest BCUT2D eigenvalue weighted by atomic mass is 10.1. The molecule has 1 aromatic carbocycles. The van der Waals surface area contributed by atoms with E-state index in [4.69, 9.17) is 11.6 Å². The molecule has 0 saturated carbocycles. The van der Waals surface area contributed by atoms with Crippen molar-refractivity contribution in [1.29, 1.82) is 0 Å². The summed E-state index contributed by atoms with van der Waals surface area (Å²) in [5.74, 6) is 0. The third kappa shape index (κ3) is 1.72. The first kappa shape index (κ1) is 11.6. The topological polar surface area (TPSA) is 17.0 Å². The van der Waals surface area contributed by atoms with Gasteiger partial charge >= 0.3 is 0 Å². The molecule has 17 heavy (non-hydrogen) atoms. The van der Waals surface area contributed by atoms with E-state index in [0.29, 0.717) is 6.04 Å². The second-order valence-electron chi connectivity index (χ2n) is 4.54. The second kappa shape index (κ2) is 4.30. The lowest BCUT2D eigenvalue weighted by Crippen LogP contribution is -2.16. The van der Waals surface area contributed by atoms with Gasteiger partial charge in [-0.2, -0.15) is 0 Å². The standard InChI is InChI=1S/C13H14BrClN2/c1-17-12-8(4-2-5-9(12)15)11(14)13(17)10-6-3-7-16-10/h2,4-5,10,16H,3,6-7H2,1H3. The van der Waals surface area contributed by atoms with Crippen LogP contribution in [-0.2, 0) is 7.05 Å². The van der Waals surface area contributed by atoms with Crippen LogP contribution in [0.2, 0.25) is 5.02 Å². The van der Waals surface area contributed by atoms with Crippen molar-refractivity contribution < 1.29 is 0 Å². The van der Waals surface area contributed by atoms with Crippen molar-refractivity contribution in [3.63, 3.8) is 0 Å². The predicted molar refractivity (Wildman–Crippen MR) is 75.6 cm³/mol. The van der Waals surface area contributed by atoms with Gasteiger partial charge in [0.25, 0.3) is 0 Å². The van der Waals surface area contributed by atoms with E-state index >= 15 is 0 Å². The Balaban J connectivity index is 2.28. The Morgan fingerprint density at radius 1 is 1.47 bits per heavy atom. The summed E-state index contributed by atoms with van der Waals surface area (Å²) in [5, 5.41) is 5.55. The molecule has 1 saturated heterocycles. The predicted octanol–water partition coefficient (Wildman–Crippen LogP) is 4.02. The molecule has 2 aromatic rings. The van der Waals surface area contributed by atoms with Crippen LogP contribution < -0.4 is 5.32 Å². The number of para-hydroxylation sites is 1. The zero-order valence-electron chi connectivity index (χ0n) is 9.63. The van der Waals surface area contributed by atoms with E-state index in [9.17, 15) is 0 Å². The Morgan fingerprint density at radius 3 is 2.94 bits per heavy atom. The molecule has 4 heteroatoms. The normalized spacial score (nSPS) is 20.3. The molecular formula is C13H14BrClN2. The van der Waals surface area contributed by atoms with Crippen LogP contribution in [0.25, 0.3) is 10.9 Å². The Kier molecular flexibility index (Phi) is 2.93. The number of hydrogen-bond donors (Lipinski definition) is 1. The zero-order valence-corrected chi connectivity index (χ0v) is 12.0. The SMILES string of the molecule is Cn1c(C2CCCN2)c(Br)c2cccc(Cl)c21. The minimum Gasteiger partial charge on any atom is -0.344 e. The molecule has 1 atom stereocenters. The van der Waals surface area contributed by atoms with Gasteiger partial charge in [-0.05, 0) is 41.4 Å².